The minimum atomic E-state index is -3.66. The zero-order valence-electron chi connectivity index (χ0n) is 11.1. The van der Waals surface area contributed by atoms with Crippen LogP contribution in [-0.2, 0) is 4.79 Å². The van der Waals surface area contributed by atoms with Crippen LogP contribution in [0.5, 0.6) is 0 Å². The molecule has 0 fully saturated rings. The molecule has 1 aromatic rings. The van der Waals surface area contributed by atoms with Crippen LogP contribution in [0.2, 0.25) is 0 Å². The molecular formula is C13H16F4N2O. The summed E-state index contributed by atoms with van der Waals surface area (Å²) in [6, 6.07) is 3.25. The Morgan fingerprint density at radius 1 is 1.35 bits per heavy atom. The van der Waals surface area contributed by atoms with Crippen LogP contribution in [0.3, 0.4) is 0 Å². The minimum absolute atomic E-state index is 0.113. The average Bonchev–Trinajstić information content (AvgIpc) is 2.30. The summed E-state index contributed by atoms with van der Waals surface area (Å²) in [5.74, 6) is -7.67. The number of benzene rings is 1. The van der Waals surface area contributed by atoms with Crippen molar-refractivity contribution in [2.45, 2.75) is 37.8 Å². The Bertz CT molecular complexity index is 517. The Balaban J connectivity index is 3.08. The second-order valence-corrected chi connectivity index (χ2v) is 5.00. The Labute approximate surface area is 113 Å². The van der Waals surface area contributed by atoms with Gasteiger partial charge in [0.2, 0.25) is 0 Å². The largest absolute Gasteiger partial charge is 0.399 e. The highest BCUT2D eigenvalue weighted by Gasteiger charge is 2.47. The number of hydrogen-bond acceptors (Lipinski definition) is 2. The van der Waals surface area contributed by atoms with Crippen LogP contribution in [0.1, 0.15) is 31.7 Å². The summed E-state index contributed by atoms with van der Waals surface area (Å²) in [7, 11) is 0. The highest BCUT2D eigenvalue weighted by atomic mass is 19.3. The number of amides is 1. The maximum Gasteiger partial charge on any atom is 0.258 e. The van der Waals surface area contributed by atoms with Gasteiger partial charge in [-0.25, -0.2) is 17.6 Å². The zero-order chi connectivity index (χ0) is 15.7. The Hall–Kier alpha value is -1.79. The van der Waals surface area contributed by atoms with Crippen molar-refractivity contribution in [3.63, 3.8) is 0 Å². The smallest absolute Gasteiger partial charge is 0.258 e. The number of nitrogens with two attached hydrogens (primary N) is 2. The van der Waals surface area contributed by atoms with Crippen LogP contribution in [-0.4, -0.2) is 17.5 Å². The van der Waals surface area contributed by atoms with Gasteiger partial charge in [0.05, 0.1) is 6.42 Å². The molecule has 0 aliphatic heterocycles. The summed E-state index contributed by atoms with van der Waals surface area (Å²) in [6.45, 7) is 1.71. The quantitative estimate of drug-likeness (QED) is 0.647. The molecule has 112 valence electrons. The van der Waals surface area contributed by atoms with Crippen molar-refractivity contribution in [3.05, 3.63) is 29.6 Å². The van der Waals surface area contributed by atoms with Gasteiger partial charge in [0.15, 0.2) is 5.67 Å². The molecule has 2 atom stereocenters. The lowest BCUT2D eigenvalue weighted by Crippen LogP contribution is -2.43. The number of rotatable bonds is 5. The molecule has 0 heterocycles. The van der Waals surface area contributed by atoms with Crippen molar-refractivity contribution in [3.8, 4) is 0 Å². The molecule has 4 N–H and O–H groups in total. The van der Waals surface area contributed by atoms with Crippen LogP contribution in [0.15, 0.2) is 18.2 Å². The molecule has 0 aliphatic rings. The van der Waals surface area contributed by atoms with E-state index in [1.807, 2.05) is 0 Å². The van der Waals surface area contributed by atoms with Crippen molar-refractivity contribution < 1.29 is 22.4 Å². The molecule has 0 aromatic heterocycles. The van der Waals surface area contributed by atoms with Gasteiger partial charge >= 0.3 is 0 Å². The SMILES string of the molecule is CC(c1cc(N)ccc1F)C(F)(F)CC(C)(F)C(N)=O. The van der Waals surface area contributed by atoms with E-state index >= 15 is 0 Å². The number of carbonyl (C=O) groups excluding carboxylic acids is 1. The molecule has 3 nitrogen and oxygen atoms in total. The first-order valence-corrected chi connectivity index (χ1v) is 5.89. The van der Waals surface area contributed by atoms with E-state index in [1.54, 1.807) is 0 Å². The van der Waals surface area contributed by atoms with Gasteiger partial charge in [0.25, 0.3) is 11.8 Å². The topological polar surface area (TPSA) is 69.1 Å². The standard InChI is InChI=1S/C13H16F4N2O/c1-7(9-5-8(18)3-4-10(9)14)13(16,17)6-12(2,15)11(19)20/h3-5,7H,6,18H2,1-2H3,(H2,19,20). The number of anilines is 1. The Kier molecular flexibility index (Phi) is 4.31. The van der Waals surface area contributed by atoms with Gasteiger partial charge in [-0.05, 0) is 30.7 Å². The third kappa shape index (κ3) is 3.40. The predicted molar refractivity (Wildman–Crippen MR) is 67.5 cm³/mol. The average molecular weight is 292 g/mol. The third-order valence-corrected chi connectivity index (χ3v) is 3.20. The fourth-order valence-electron chi connectivity index (χ4n) is 1.80. The van der Waals surface area contributed by atoms with Gasteiger partial charge in [-0.1, -0.05) is 6.92 Å². The monoisotopic (exact) mass is 292 g/mol. The molecule has 0 aliphatic carbocycles. The molecule has 7 heteroatoms. The molecule has 1 rings (SSSR count). The summed E-state index contributed by atoms with van der Waals surface area (Å²) in [5, 5.41) is 0. The highest BCUT2D eigenvalue weighted by molar-refractivity contribution is 5.82. The van der Waals surface area contributed by atoms with Gasteiger partial charge in [0.1, 0.15) is 5.82 Å². The number of primary amides is 1. The van der Waals surface area contributed by atoms with E-state index in [9.17, 15) is 22.4 Å². The second kappa shape index (κ2) is 5.30. The summed E-state index contributed by atoms with van der Waals surface area (Å²) in [6.07, 6.45) is -1.43. The number of carbonyl (C=O) groups is 1. The fraction of sp³-hybridized carbons (Fsp3) is 0.462. The van der Waals surface area contributed by atoms with E-state index in [1.165, 1.54) is 6.07 Å². The number of nitrogen functional groups attached to an aromatic ring is 1. The van der Waals surface area contributed by atoms with E-state index in [0.29, 0.717) is 6.92 Å². The third-order valence-electron chi connectivity index (χ3n) is 3.20. The summed E-state index contributed by atoms with van der Waals surface area (Å²) in [5.41, 5.74) is 7.05. The molecule has 0 radical (unpaired) electrons. The minimum Gasteiger partial charge on any atom is -0.399 e. The van der Waals surface area contributed by atoms with Crippen molar-refractivity contribution in [1.82, 2.24) is 0 Å². The summed E-state index contributed by atoms with van der Waals surface area (Å²) < 4.78 is 55.3. The van der Waals surface area contributed by atoms with Crippen LogP contribution in [0.4, 0.5) is 23.2 Å². The fourth-order valence-corrected chi connectivity index (χ4v) is 1.80. The molecule has 0 bridgehead atoms. The molecule has 0 saturated carbocycles. The zero-order valence-corrected chi connectivity index (χ0v) is 11.1. The first kappa shape index (κ1) is 16.3. The predicted octanol–water partition coefficient (Wildman–Crippen LogP) is 2.75. The van der Waals surface area contributed by atoms with Crippen LogP contribution >= 0.6 is 0 Å². The molecule has 0 spiro atoms. The molecule has 2 unspecified atom stereocenters. The van der Waals surface area contributed by atoms with E-state index in [2.05, 4.69) is 0 Å². The Morgan fingerprint density at radius 3 is 2.40 bits per heavy atom. The summed E-state index contributed by atoms with van der Waals surface area (Å²) in [4.78, 5) is 10.8. The highest BCUT2D eigenvalue weighted by Crippen LogP contribution is 2.41. The molecule has 20 heavy (non-hydrogen) atoms. The van der Waals surface area contributed by atoms with Gasteiger partial charge in [-0.2, -0.15) is 0 Å². The second-order valence-electron chi connectivity index (χ2n) is 5.00. The maximum atomic E-state index is 14.0. The molecule has 0 saturated heterocycles. The number of alkyl halides is 3. The lowest BCUT2D eigenvalue weighted by molar-refractivity contribution is -0.137. The van der Waals surface area contributed by atoms with Crippen molar-refractivity contribution in [2.75, 3.05) is 5.73 Å². The lowest BCUT2D eigenvalue weighted by atomic mass is 9.86. The normalized spacial score (nSPS) is 16.5. The van der Waals surface area contributed by atoms with Crippen molar-refractivity contribution in [1.29, 1.82) is 0 Å². The summed E-state index contributed by atoms with van der Waals surface area (Å²) >= 11 is 0. The van der Waals surface area contributed by atoms with E-state index in [-0.39, 0.29) is 11.3 Å². The van der Waals surface area contributed by atoms with Gasteiger partial charge in [-0.15, -0.1) is 0 Å². The van der Waals surface area contributed by atoms with E-state index in [0.717, 1.165) is 19.1 Å². The van der Waals surface area contributed by atoms with Crippen LogP contribution in [0.25, 0.3) is 0 Å². The van der Waals surface area contributed by atoms with E-state index in [4.69, 9.17) is 11.5 Å². The van der Waals surface area contributed by atoms with Crippen molar-refractivity contribution in [2.24, 2.45) is 5.73 Å². The van der Waals surface area contributed by atoms with Gasteiger partial charge < -0.3 is 11.5 Å². The first-order chi connectivity index (χ1) is 8.97. The maximum absolute atomic E-state index is 14.0. The van der Waals surface area contributed by atoms with Crippen LogP contribution in [0, 0.1) is 5.82 Å². The number of hydrogen-bond donors (Lipinski definition) is 2. The Morgan fingerprint density at radius 2 is 1.90 bits per heavy atom. The van der Waals surface area contributed by atoms with Crippen molar-refractivity contribution >= 4 is 11.6 Å². The van der Waals surface area contributed by atoms with Gasteiger partial charge in [-0.3, -0.25) is 4.79 Å². The van der Waals surface area contributed by atoms with Crippen LogP contribution < -0.4 is 11.5 Å². The first-order valence-electron chi connectivity index (χ1n) is 5.89. The lowest BCUT2D eigenvalue weighted by Gasteiger charge is -2.29. The molecular weight excluding hydrogens is 276 g/mol. The van der Waals surface area contributed by atoms with E-state index < -0.39 is 35.7 Å². The van der Waals surface area contributed by atoms with Gasteiger partial charge in [0, 0.05) is 11.6 Å². The molecule has 1 amide bonds. The molecule has 1 aromatic carbocycles. The number of halogens is 4.